The van der Waals surface area contributed by atoms with Crippen molar-refractivity contribution in [2.24, 2.45) is 5.73 Å². The average molecular weight is 282 g/mol. The van der Waals surface area contributed by atoms with E-state index < -0.39 is 23.1 Å². The number of nitrogens with one attached hydrogen (secondary N) is 2. The van der Waals surface area contributed by atoms with E-state index in [1.54, 1.807) is 0 Å². The van der Waals surface area contributed by atoms with Gasteiger partial charge in [-0.25, -0.2) is 8.78 Å². The Morgan fingerprint density at radius 2 is 1.95 bits per heavy atom. The fraction of sp³-hybridized carbons (Fsp3) is 0.0833. The molecular formula is C12H12F2N4O2. The minimum Gasteiger partial charge on any atom is -0.333 e. The van der Waals surface area contributed by atoms with Crippen LogP contribution in [-0.4, -0.2) is 29.4 Å². The largest absolute Gasteiger partial charge is 0.333 e. The van der Waals surface area contributed by atoms with Crippen LogP contribution in [0.5, 0.6) is 0 Å². The van der Waals surface area contributed by atoms with Crippen molar-refractivity contribution in [1.82, 2.24) is 10.2 Å². The van der Waals surface area contributed by atoms with E-state index in [4.69, 9.17) is 0 Å². The van der Waals surface area contributed by atoms with Crippen LogP contribution in [0.1, 0.15) is 20.8 Å². The Kier molecular flexibility index (Phi) is 5.48. The molecule has 4 N–H and O–H groups in total. The van der Waals surface area contributed by atoms with Crippen molar-refractivity contribution in [2.75, 3.05) is 12.4 Å². The van der Waals surface area contributed by atoms with Gasteiger partial charge in [0.05, 0.1) is 11.9 Å². The standard InChI is InChI=1S/C11H7F2N3O2.CH5N/c12-6-2-1-3-7(13)10(6)11(18)15-8-4-14-16-9(8)5-17;1-2/h1-5H,(H,14,16)(H,15,18);2H2,1H3. The Hall–Kier alpha value is -2.61. The molecule has 20 heavy (non-hydrogen) atoms. The highest BCUT2D eigenvalue weighted by molar-refractivity contribution is 6.06. The van der Waals surface area contributed by atoms with Gasteiger partial charge in [0.2, 0.25) is 0 Å². The fourth-order valence-electron chi connectivity index (χ4n) is 1.39. The lowest BCUT2D eigenvalue weighted by Crippen LogP contribution is -2.16. The number of hydrogen-bond donors (Lipinski definition) is 3. The van der Waals surface area contributed by atoms with Crippen LogP contribution in [0.15, 0.2) is 24.4 Å². The van der Waals surface area contributed by atoms with Crippen molar-refractivity contribution >= 4 is 17.9 Å². The predicted molar refractivity (Wildman–Crippen MR) is 68.4 cm³/mol. The van der Waals surface area contributed by atoms with Gasteiger partial charge >= 0.3 is 0 Å². The zero-order chi connectivity index (χ0) is 15.1. The molecule has 0 spiro atoms. The van der Waals surface area contributed by atoms with Crippen molar-refractivity contribution < 1.29 is 18.4 Å². The van der Waals surface area contributed by atoms with Gasteiger partial charge in [-0.2, -0.15) is 5.10 Å². The first-order valence-corrected chi connectivity index (χ1v) is 5.45. The van der Waals surface area contributed by atoms with E-state index in [0.29, 0.717) is 6.29 Å². The molecule has 0 aliphatic carbocycles. The van der Waals surface area contributed by atoms with E-state index in [0.717, 1.165) is 18.2 Å². The third-order valence-corrected chi connectivity index (χ3v) is 2.22. The molecule has 0 bridgehead atoms. The van der Waals surface area contributed by atoms with Gasteiger partial charge in [0.15, 0.2) is 6.29 Å². The van der Waals surface area contributed by atoms with Gasteiger partial charge in [0, 0.05) is 0 Å². The molecule has 0 unspecified atom stereocenters. The number of benzene rings is 1. The maximum Gasteiger partial charge on any atom is 0.261 e. The molecule has 0 radical (unpaired) electrons. The Labute approximate surface area is 113 Å². The molecule has 6 nitrogen and oxygen atoms in total. The molecular weight excluding hydrogens is 270 g/mol. The number of nitrogens with two attached hydrogens (primary N) is 1. The molecule has 1 heterocycles. The quantitative estimate of drug-likeness (QED) is 0.739. The maximum absolute atomic E-state index is 13.3. The van der Waals surface area contributed by atoms with Gasteiger partial charge in [0.1, 0.15) is 22.9 Å². The summed E-state index contributed by atoms with van der Waals surface area (Å²) >= 11 is 0. The number of rotatable bonds is 3. The van der Waals surface area contributed by atoms with E-state index in [1.165, 1.54) is 13.2 Å². The Balaban J connectivity index is 0.000000956. The number of carbonyl (C=O) groups is 2. The molecule has 0 aliphatic rings. The average Bonchev–Trinajstić information content (AvgIpc) is 2.88. The van der Waals surface area contributed by atoms with Crippen molar-refractivity contribution in [3.05, 3.63) is 47.3 Å². The lowest BCUT2D eigenvalue weighted by Gasteiger charge is -2.05. The second-order valence-corrected chi connectivity index (χ2v) is 3.37. The number of aromatic amines is 1. The summed E-state index contributed by atoms with van der Waals surface area (Å²) in [5.74, 6) is -2.96. The monoisotopic (exact) mass is 282 g/mol. The van der Waals surface area contributed by atoms with E-state index in [1.807, 2.05) is 0 Å². The second-order valence-electron chi connectivity index (χ2n) is 3.37. The van der Waals surface area contributed by atoms with Crippen LogP contribution in [-0.2, 0) is 0 Å². The van der Waals surface area contributed by atoms with Gasteiger partial charge in [0.25, 0.3) is 5.91 Å². The van der Waals surface area contributed by atoms with Crippen LogP contribution in [0.3, 0.4) is 0 Å². The second kappa shape index (κ2) is 7.10. The fourth-order valence-corrected chi connectivity index (χ4v) is 1.39. The first-order chi connectivity index (χ1) is 9.63. The molecule has 106 valence electrons. The molecule has 0 fully saturated rings. The molecule has 0 aliphatic heterocycles. The molecule has 8 heteroatoms. The van der Waals surface area contributed by atoms with E-state index >= 15 is 0 Å². The lowest BCUT2D eigenvalue weighted by atomic mass is 10.2. The van der Waals surface area contributed by atoms with Crippen molar-refractivity contribution in [2.45, 2.75) is 0 Å². The Morgan fingerprint density at radius 3 is 2.50 bits per heavy atom. The summed E-state index contributed by atoms with van der Waals surface area (Å²) in [4.78, 5) is 22.2. The zero-order valence-corrected chi connectivity index (χ0v) is 10.5. The molecule has 0 saturated carbocycles. The first kappa shape index (κ1) is 15.4. The Morgan fingerprint density at radius 1 is 1.35 bits per heavy atom. The molecule has 1 amide bonds. The highest BCUT2D eigenvalue weighted by Crippen LogP contribution is 2.16. The molecule has 0 saturated heterocycles. The SMILES string of the molecule is CN.O=Cc1[nH]ncc1NC(=O)c1c(F)cccc1F. The maximum atomic E-state index is 13.3. The summed E-state index contributed by atoms with van der Waals surface area (Å²) in [7, 11) is 1.50. The number of hydrogen-bond acceptors (Lipinski definition) is 4. The third-order valence-electron chi connectivity index (χ3n) is 2.22. The van der Waals surface area contributed by atoms with Crippen LogP contribution in [0.2, 0.25) is 0 Å². The molecule has 0 atom stereocenters. The van der Waals surface area contributed by atoms with Crippen molar-refractivity contribution in [3.63, 3.8) is 0 Å². The van der Waals surface area contributed by atoms with Gasteiger partial charge < -0.3 is 11.1 Å². The topological polar surface area (TPSA) is 101 Å². The minimum absolute atomic E-state index is 0.0140. The summed E-state index contributed by atoms with van der Waals surface area (Å²) in [6, 6.07) is 3.08. The van der Waals surface area contributed by atoms with E-state index in [9.17, 15) is 18.4 Å². The van der Waals surface area contributed by atoms with Gasteiger partial charge in [-0.3, -0.25) is 14.7 Å². The molecule has 1 aromatic heterocycles. The number of aldehydes is 1. The number of anilines is 1. The van der Waals surface area contributed by atoms with Crippen molar-refractivity contribution in [3.8, 4) is 0 Å². The van der Waals surface area contributed by atoms with Gasteiger partial charge in [-0.15, -0.1) is 0 Å². The molecule has 2 aromatic rings. The summed E-state index contributed by atoms with van der Waals surface area (Å²) in [5.41, 5.74) is 3.85. The summed E-state index contributed by atoms with van der Waals surface area (Å²) in [6.45, 7) is 0. The Bertz CT molecular complexity index is 593. The lowest BCUT2D eigenvalue weighted by molar-refractivity contribution is 0.101. The highest BCUT2D eigenvalue weighted by atomic mass is 19.1. The van der Waals surface area contributed by atoms with Crippen LogP contribution >= 0.6 is 0 Å². The number of H-pyrrole nitrogens is 1. The third kappa shape index (κ3) is 3.23. The molecule has 2 rings (SSSR count). The number of halogens is 2. The summed E-state index contributed by atoms with van der Waals surface area (Å²) in [6.07, 6.45) is 1.60. The summed E-state index contributed by atoms with van der Waals surface area (Å²) in [5, 5.41) is 8.04. The van der Waals surface area contributed by atoms with Gasteiger partial charge in [-0.1, -0.05) is 6.07 Å². The number of aromatic nitrogens is 2. The number of amides is 1. The highest BCUT2D eigenvalue weighted by Gasteiger charge is 2.18. The van der Waals surface area contributed by atoms with Crippen LogP contribution < -0.4 is 11.1 Å². The van der Waals surface area contributed by atoms with Crippen LogP contribution in [0, 0.1) is 11.6 Å². The molecule has 1 aromatic carbocycles. The van der Waals surface area contributed by atoms with Crippen LogP contribution in [0.4, 0.5) is 14.5 Å². The van der Waals surface area contributed by atoms with Crippen molar-refractivity contribution in [1.29, 1.82) is 0 Å². The summed E-state index contributed by atoms with van der Waals surface area (Å²) < 4.78 is 26.6. The van der Waals surface area contributed by atoms with Gasteiger partial charge in [-0.05, 0) is 19.2 Å². The van der Waals surface area contributed by atoms with Crippen LogP contribution in [0.25, 0.3) is 0 Å². The van der Waals surface area contributed by atoms with E-state index in [2.05, 4.69) is 21.2 Å². The smallest absolute Gasteiger partial charge is 0.261 e. The number of carbonyl (C=O) groups excluding carboxylic acids is 2. The normalized spacial score (nSPS) is 9.40. The zero-order valence-electron chi connectivity index (χ0n) is 10.5. The minimum atomic E-state index is -0.991. The number of nitrogens with zero attached hydrogens (tertiary/aromatic N) is 1. The van der Waals surface area contributed by atoms with E-state index in [-0.39, 0.29) is 11.4 Å². The predicted octanol–water partition coefficient (Wildman–Crippen LogP) is 1.33. The first-order valence-electron chi connectivity index (χ1n) is 5.45.